The molecule has 0 saturated carbocycles. The lowest BCUT2D eigenvalue weighted by molar-refractivity contribution is 0.596. The molecule has 0 spiro atoms. The zero-order chi connectivity index (χ0) is 8.97. The van der Waals surface area contributed by atoms with Crippen LogP contribution in [0.15, 0.2) is 4.99 Å². The van der Waals surface area contributed by atoms with Crippen LogP contribution in [0.1, 0.15) is 27.2 Å². The zero-order valence-corrected chi connectivity index (χ0v) is 8.95. The van der Waals surface area contributed by atoms with Crippen molar-refractivity contribution in [3.8, 4) is 0 Å². The third kappa shape index (κ3) is 3.48. The van der Waals surface area contributed by atoms with Crippen LogP contribution in [0.25, 0.3) is 0 Å². The van der Waals surface area contributed by atoms with E-state index < -0.39 is 0 Å². The first kappa shape index (κ1) is 9.90. The van der Waals surface area contributed by atoms with Crippen LogP contribution in [0, 0.1) is 5.92 Å². The summed E-state index contributed by atoms with van der Waals surface area (Å²) in [7, 11) is 0. The van der Waals surface area contributed by atoms with Gasteiger partial charge in [0.05, 0.1) is 0 Å². The molecule has 1 saturated heterocycles. The normalized spacial score (nSPS) is 26.7. The van der Waals surface area contributed by atoms with E-state index in [1.54, 1.807) is 0 Å². The van der Waals surface area contributed by atoms with Crippen LogP contribution < -0.4 is 5.32 Å². The summed E-state index contributed by atoms with van der Waals surface area (Å²) in [5.41, 5.74) is 0. The van der Waals surface area contributed by atoms with Crippen LogP contribution in [-0.4, -0.2) is 23.5 Å². The molecule has 0 aromatic heterocycles. The van der Waals surface area contributed by atoms with Gasteiger partial charge in [-0.3, -0.25) is 4.99 Å². The predicted molar refractivity (Wildman–Crippen MR) is 56.8 cm³/mol. The van der Waals surface area contributed by atoms with Gasteiger partial charge in [-0.1, -0.05) is 25.6 Å². The predicted octanol–water partition coefficient (Wildman–Crippen LogP) is 2.11. The van der Waals surface area contributed by atoms with E-state index in [1.807, 2.05) is 11.8 Å². The smallest absolute Gasteiger partial charge is 0.156 e. The molecule has 0 aromatic rings. The molecule has 1 aliphatic rings. The van der Waals surface area contributed by atoms with Gasteiger partial charge < -0.3 is 5.32 Å². The third-order valence-electron chi connectivity index (χ3n) is 1.80. The van der Waals surface area contributed by atoms with Gasteiger partial charge in [0.25, 0.3) is 0 Å². The first-order valence-corrected chi connectivity index (χ1v) is 5.61. The zero-order valence-electron chi connectivity index (χ0n) is 8.13. The highest BCUT2D eigenvalue weighted by molar-refractivity contribution is 8.14. The fourth-order valence-electron chi connectivity index (χ4n) is 1.01. The fraction of sp³-hybridized carbons (Fsp3) is 0.889. The van der Waals surface area contributed by atoms with Crippen molar-refractivity contribution in [3.63, 3.8) is 0 Å². The highest BCUT2D eigenvalue weighted by Crippen LogP contribution is 2.13. The van der Waals surface area contributed by atoms with Gasteiger partial charge in [0.15, 0.2) is 5.17 Å². The Kier molecular flexibility index (Phi) is 3.92. The number of nitrogens with zero attached hydrogens (tertiary/aromatic N) is 1. The van der Waals surface area contributed by atoms with Crippen LogP contribution >= 0.6 is 11.8 Å². The van der Waals surface area contributed by atoms with Crippen LogP contribution in [-0.2, 0) is 0 Å². The van der Waals surface area contributed by atoms with E-state index in [-0.39, 0.29) is 0 Å². The number of aliphatic imine (C=N–C) groups is 1. The van der Waals surface area contributed by atoms with Crippen molar-refractivity contribution in [1.29, 1.82) is 0 Å². The van der Waals surface area contributed by atoms with Crippen molar-refractivity contribution in [1.82, 2.24) is 5.32 Å². The quantitative estimate of drug-likeness (QED) is 0.730. The van der Waals surface area contributed by atoms with Gasteiger partial charge in [-0.05, 0) is 19.3 Å². The summed E-state index contributed by atoms with van der Waals surface area (Å²) in [6.45, 7) is 7.63. The van der Waals surface area contributed by atoms with E-state index in [9.17, 15) is 0 Å². The molecule has 1 aliphatic heterocycles. The van der Waals surface area contributed by atoms with Crippen molar-refractivity contribution in [2.45, 2.75) is 33.2 Å². The van der Waals surface area contributed by atoms with Gasteiger partial charge in [-0.25, -0.2) is 0 Å². The van der Waals surface area contributed by atoms with Crippen molar-refractivity contribution in [2.24, 2.45) is 10.9 Å². The molecule has 3 heteroatoms. The largest absolute Gasteiger partial charge is 0.362 e. The lowest BCUT2D eigenvalue weighted by Gasteiger charge is -2.02. The molecular formula is C9H18N2S. The highest BCUT2D eigenvalue weighted by Gasteiger charge is 2.14. The Hall–Kier alpha value is -0.180. The van der Waals surface area contributed by atoms with Crippen LogP contribution in [0.2, 0.25) is 0 Å². The Morgan fingerprint density at radius 3 is 2.92 bits per heavy atom. The summed E-state index contributed by atoms with van der Waals surface area (Å²) in [6, 6.07) is 0.604. The molecule has 1 unspecified atom stereocenters. The van der Waals surface area contributed by atoms with Crippen LogP contribution in [0.5, 0.6) is 0 Å². The molecule has 70 valence electrons. The lowest BCUT2D eigenvalue weighted by atomic mass is 10.1. The number of thioether (sulfide) groups is 1. The molecule has 1 N–H and O–H groups in total. The van der Waals surface area contributed by atoms with Crippen LogP contribution in [0.3, 0.4) is 0 Å². The average Bonchev–Trinajstić information content (AvgIpc) is 2.35. The lowest BCUT2D eigenvalue weighted by Crippen LogP contribution is -2.23. The first-order chi connectivity index (χ1) is 5.68. The standard InChI is InChI=1S/C9H18N2S/c1-7(2)4-5-10-9-11-8(3)6-12-9/h7-8H,4-6H2,1-3H3,(H,10,11). The summed E-state index contributed by atoms with van der Waals surface area (Å²) in [4.78, 5) is 4.48. The summed E-state index contributed by atoms with van der Waals surface area (Å²) < 4.78 is 0. The van der Waals surface area contributed by atoms with E-state index >= 15 is 0 Å². The number of nitrogens with one attached hydrogen (secondary N) is 1. The summed E-state index contributed by atoms with van der Waals surface area (Å²) >= 11 is 1.84. The SMILES string of the molecule is CC(C)CCN=C1NC(C)CS1. The summed E-state index contributed by atoms with van der Waals surface area (Å²) in [5.74, 6) is 1.93. The molecule has 0 aromatic carbocycles. The summed E-state index contributed by atoms with van der Waals surface area (Å²) in [6.07, 6.45) is 1.19. The Morgan fingerprint density at radius 2 is 2.42 bits per heavy atom. The highest BCUT2D eigenvalue weighted by atomic mass is 32.2. The maximum absolute atomic E-state index is 4.48. The molecule has 0 aliphatic carbocycles. The van der Waals surface area contributed by atoms with Crippen molar-refractivity contribution in [2.75, 3.05) is 12.3 Å². The second-order valence-electron chi connectivity index (χ2n) is 3.73. The first-order valence-electron chi connectivity index (χ1n) is 4.62. The molecule has 12 heavy (non-hydrogen) atoms. The number of hydrogen-bond donors (Lipinski definition) is 1. The van der Waals surface area contributed by atoms with Gasteiger partial charge in [0.2, 0.25) is 0 Å². The minimum atomic E-state index is 0.604. The van der Waals surface area contributed by atoms with E-state index in [1.165, 1.54) is 12.2 Å². The van der Waals surface area contributed by atoms with Gasteiger partial charge in [0, 0.05) is 18.3 Å². The molecule has 2 nitrogen and oxygen atoms in total. The summed E-state index contributed by atoms with van der Waals surface area (Å²) in [5, 5.41) is 4.48. The Labute approximate surface area is 79.2 Å². The van der Waals surface area contributed by atoms with Gasteiger partial charge in [0.1, 0.15) is 0 Å². The molecule has 1 heterocycles. The average molecular weight is 186 g/mol. The van der Waals surface area contributed by atoms with E-state index in [4.69, 9.17) is 0 Å². The Morgan fingerprint density at radius 1 is 1.67 bits per heavy atom. The second-order valence-corrected chi connectivity index (χ2v) is 4.73. The number of rotatable bonds is 3. The van der Waals surface area contributed by atoms with Gasteiger partial charge in [-0.2, -0.15) is 0 Å². The second kappa shape index (κ2) is 4.75. The number of amidine groups is 1. The minimum Gasteiger partial charge on any atom is -0.362 e. The molecule has 1 rings (SSSR count). The van der Waals surface area contributed by atoms with E-state index in [0.717, 1.165) is 17.6 Å². The van der Waals surface area contributed by atoms with Crippen LogP contribution in [0.4, 0.5) is 0 Å². The number of hydrogen-bond acceptors (Lipinski definition) is 2. The van der Waals surface area contributed by atoms with E-state index in [0.29, 0.717) is 6.04 Å². The van der Waals surface area contributed by atoms with Crippen molar-refractivity contribution in [3.05, 3.63) is 0 Å². The maximum atomic E-state index is 4.48. The monoisotopic (exact) mass is 186 g/mol. The Bertz CT molecular complexity index is 166. The molecule has 0 amide bonds. The molecule has 1 fully saturated rings. The molecule has 0 radical (unpaired) electrons. The molecule has 1 atom stereocenters. The van der Waals surface area contributed by atoms with Gasteiger partial charge >= 0.3 is 0 Å². The Balaban J connectivity index is 2.19. The molecular weight excluding hydrogens is 168 g/mol. The van der Waals surface area contributed by atoms with Gasteiger partial charge in [-0.15, -0.1) is 0 Å². The third-order valence-corrected chi connectivity index (χ3v) is 2.99. The topological polar surface area (TPSA) is 24.4 Å². The minimum absolute atomic E-state index is 0.604. The van der Waals surface area contributed by atoms with Crippen molar-refractivity contribution < 1.29 is 0 Å². The molecule has 0 bridgehead atoms. The van der Waals surface area contributed by atoms with Crippen molar-refractivity contribution >= 4 is 16.9 Å². The maximum Gasteiger partial charge on any atom is 0.156 e. The van der Waals surface area contributed by atoms with E-state index in [2.05, 4.69) is 31.1 Å². The fourth-order valence-corrected chi connectivity index (χ4v) is 1.97.